The highest BCUT2D eigenvalue weighted by atomic mass is 16.6. The minimum atomic E-state index is -2.08. The van der Waals surface area contributed by atoms with Gasteiger partial charge in [0.05, 0.1) is 6.10 Å². The summed E-state index contributed by atoms with van der Waals surface area (Å²) in [6.07, 6.45) is 9.49. The van der Waals surface area contributed by atoms with E-state index in [9.17, 15) is 24.6 Å². The van der Waals surface area contributed by atoms with E-state index in [2.05, 4.69) is 0 Å². The van der Waals surface area contributed by atoms with Gasteiger partial charge in [-0.05, 0) is 70.4 Å². The lowest BCUT2D eigenvalue weighted by atomic mass is 9.88. The number of carbonyl (C=O) groups excluding carboxylic acids is 3. The van der Waals surface area contributed by atoms with Gasteiger partial charge in [-0.2, -0.15) is 0 Å². The van der Waals surface area contributed by atoms with Gasteiger partial charge in [0, 0.05) is 25.6 Å². The molecule has 4 N–H and O–H groups in total. The number of aliphatic hydroxyl groups excluding tert-OH is 1. The first kappa shape index (κ1) is 33.9. The fourth-order valence-electron chi connectivity index (χ4n) is 4.62. The monoisotopic (exact) mass is 540 g/mol. The fourth-order valence-corrected chi connectivity index (χ4v) is 4.62. The molecule has 0 bridgehead atoms. The summed E-state index contributed by atoms with van der Waals surface area (Å²) in [5.41, 5.74) is 6.75. The van der Waals surface area contributed by atoms with Gasteiger partial charge in [-0.3, -0.25) is 14.4 Å². The van der Waals surface area contributed by atoms with Crippen LogP contribution in [0.15, 0.2) is 23.8 Å². The Morgan fingerprint density at radius 1 is 1.21 bits per heavy atom. The first-order valence-electron chi connectivity index (χ1n) is 13.7. The van der Waals surface area contributed by atoms with E-state index in [1.807, 2.05) is 39.0 Å². The zero-order valence-corrected chi connectivity index (χ0v) is 23.8. The van der Waals surface area contributed by atoms with Crippen molar-refractivity contribution in [2.75, 3.05) is 13.7 Å². The van der Waals surface area contributed by atoms with E-state index in [4.69, 9.17) is 19.9 Å². The van der Waals surface area contributed by atoms with Gasteiger partial charge in [-0.1, -0.05) is 32.9 Å². The molecule has 7 unspecified atom stereocenters. The molecule has 2 fully saturated rings. The number of methoxy groups -OCH3 is 1. The van der Waals surface area contributed by atoms with Crippen LogP contribution in [0.3, 0.4) is 0 Å². The maximum atomic E-state index is 12.4. The van der Waals surface area contributed by atoms with E-state index < -0.39 is 35.7 Å². The van der Waals surface area contributed by atoms with Crippen LogP contribution in [0.1, 0.15) is 79.6 Å². The van der Waals surface area contributed by atoms with E-state index in [-0.39, 0.29) is 18.2 Å². The summed E-state index contributed by atoms with van der Waals surface area (Å²) in [7, 11) is 1.58. The minimum absolute atomic E-state index is 0.0244. The highest BCUT2D eigenvalue weighted by Gasteiger charge is 2.51. The molecule has 2 saturated heterocycles. The van der Waals surface area contributed by atoms with Crippen molar-refractivity contribution in [3.8, 4) is 0 Å². The number of aliphatic hydroxyl groups is 2. The SMILES string of the molecule is CC.CC1CCCCN1C(=O)C(=O)C1(O)OC(N)CCC1C.COC1C=C(/C=C/C(C)OC=O)CCC1O. The molecule has 3 rings (SSSR count). The van der Waals surface area contributed by atoms with Gasteiger partial charge < -0.3 is 35.1 Å². The maximum absolute atomic E-state index is 12.4. The Bertz CT molecular complexity index is 817. The molecule has 0 radical (unpaired) electrons. The van der Waals surface area contributed by atoms with Crippen LogP contribution in [-0.2, 0) is 28.6 Å². The number of ketones is 1. The second-order valence-electron chi connectivity index (χ2n) is 9.85. The molecule has 1 aliphatic carbocycles. The van der Waals surface area contributed by atoms with Crippen LogP contribution >= 0.6 is 0 Å². The molecule has 2 heterocycles. The molecule has 0 aromatic heterocycles. The van der Waals surface area contributed by atoms with Crippen LogP contribution < -0.4 is 5.73 Å². The normalized spacial score (nSPS) is 32.1. The van der Waals surface area contributed by atoms with Gasteiger partial charge in [0.25, 0.3) is 18.2 Å². The minimum Gasteiger partial charge on any atom is -0.461 e. The maximum Gasteiger partial charge on any atom is 0.296 e. The quantitative estimate of drug-likeness (QED) is 0.327. The number of allylic oxidation sites excluding steroid dienone is 2. The van der Waals surface area contributed by atoms with Crippen molar-refractivity contribution in [3.63, 3.8) is 0 Å². The smallest absolute Gasteiger partial charge is 0.296 e. The van der Waals surface area contributed by atoms with Crippen LogP contribution in [-0.4, -0.2) is 83.3 Å². The lowest BCUT2D eigenvalue weighted by Crippen LogP contribution is -2.60. The summed E-state index contributed by atoms with van der Waals surface area (Å²) < 4.78 is 15.1. The van der Waals surface area contributed by atoms with E-state index in [0.29, 0.717) is 32.3 Å². The summed E-state index contributed by atoms with van der Waals surface area (Å²) >= 11 is 0. The second kappa shape index (κ2) is 16.8. The molecule has 2 aliphatic heterocycles. The Kier molecular flexibility index (Phi) is 15.0. The van der Waals surface area contributed by atoms with Crippen LogP contribution in [0, 0.1) is 5.92 Å². The number of Topliss-reactive ketones (excluding diaryl/α,β-unsaturated/α-hetero) is 1. The third kappa shape index (κ3) is 9.57. The number of nitrogens with two attached hydrogens (primary N) is 1. The van der Waals surface area contributed by atoms with Gasteiger partial charge >= 0.3 is 0 Å². The highest BCUT2D eigenvalue weighted by Crippen LogP contribution is 2.32. The number of hydrogen-bond acceptors (Lipinski definition) is 9. The van der Waals surface area contributed by atoms with Gasteiger partial charge in [0.1, 0.15) is 18.4 Å². The number of nitrogens with zero attached hydrogens (tertiary/aromatic N) is 1. The molecule has 0 saturated carbocycles. The summed E-state index contributed by atoms with van der Waals surface area (Å²) in [5, 5.41) is 20.1. The van der Waals surface area contributed by atoms with Crippen molar-refractivity contribution >= 4 is 18.2 Å². The van der Waals surface area contributed by atoms with Gasteiger partial charge in [-0.15, -0.1) is 0 Å². The van der Waals surface area contributed by atoms with Gasteiger partial charge in [-0.25, -0.2) is 0 Å². The zero-order valence-electron chi connectivity index (χ0n) is 23.8. The largest absolute Gasteiger partial charge is 0.461 e. The van der Waals surface area contributed by atoms with Crippen molar-refractivity contribution in [3.05, 3.63) is 23.8 Å². The van der Waals surface area contributed by atoms with Crippen LogP contribution in [0.25, 0.3) is 0 Å². The molecule has 10 nitrogen and oxygen atoms in total. The predicted molar refractivity (Wildman–Crippen MR) is 144 cm³/mol. The van der Waals surface area contributed by atoms with E-state index >= 15 is 0 Å². The van der Waals surface area contributed by atoms with Crippen LogP contribution in [0.5, 0.6) is 0 Å². The zero-order chi connectivity index (χ0) is 28.9. The standard InChI is InChI=1S/C14H24N2O4.C12H18O4.C2H6/c1-9-6-7-11(15)20-14(9,19)12(17)13(18)16-8-4-3-5-10(16)2;1-9(16-8-13)3-4-10-5-6-11(14)12(7-10)15-2;1-2/h9-11,19H,3-8,15H2,1-2H3;3-4,7-9,11-12,14H,5-6H2,1-2H3;1-2H3/b;4-3+;. The molecule has 7 atom stereocenters. The molecule has 38 heavy (non-hydrogen) atoms. The Morgan fingerprint density at radius 2 is 1.89 bits per heavy atom. The predicted octanol–water partition coefficient (Wildman–Crippen LogP) is 2.60. The van der Waals surface area contributed by atoms with Crippen molar-refractivity contribution < 1.29 is 38.8 Å². The molecular weight excluding hydrogens is 492 g/mol. The number of likely N-dealkylation sites (tertiary alicyclic amines) is 1. The molecule has 1 amide bonds. The summed E-state index contributed by atoms with van der Waals surface area (Å²) in [4.78, 5) is 36.4. The van der Waals surface area contributed by atoms with E-state index in [0.717, 1.165) is 31.3 Å². The fraction of sp³-hybridized carbons (Fsp3) is 0.750. The average molecular weight is 541 g/mol. The Balaban J connectivity index is 0.000000365. The number of rotatable bonds is 7. The van der Waals surface area contributed by atoms with Crippen LogP contribution in [0.4, 0.5) is 0 Å². The topological polar surface area (TPSA) is 149 Å². The van der Waals surface area contributed by atoms with Crippen molar-refractivity contribution in [1.29, 1.82) is 0 Å². The molecule has 10 heteroatoms. The summed E-state index contributed by atoms with van der Waals surface area (Å²) in [6, 6.07) is 0.0244. The first-order chi connectivity index (χ1) is 18.0. The second-order valence-corrected chi connectivity index (χ2v) is 9.85. The number of carbonyl (C=O) groups is 3. The number of ether oxygens (including phenoxy) is 3. The lowest BCUT2D eigenvalue weighted by Gasteiger charge is -2.41. The molecule has 0 spiro atoms. The molecule has 218 valence electrons. The highest BCUT2D eigenvalue weighted by molar-refractivity contribution is 6.38. The molecule has 0 aromatic carbocycles. The summed E-state index contributed by atoms with van der Waals surface area (Å²) in [5.74, 6) is -4.04. The average Bonchev–Trinajstić information content (AvgIpc) is 2.91. The van der Waals surface area contributed by atoms with Gasteiger partial charge in [0.2, 0.25) is 5.79 Å². The van der Waals surface area contributed by atoms with Crippen LogP contribution in [0.2, 0.25) is 0 Å². The number of hydrogen-bond donors (Lipinski definition) is 3. The number of piperidine rings is 1. The third-order valence-corrected chi connectivity index (χ3v) is 7.08. The van der Waals surface area contributed by atoms with E-state index in [1.54, 1.807) is 25.9 Å². The first-order valence-corrected chi connectivity index (χ1v) is 13.7. The Hall–Kier alpha value is -2.11. The number of amides is 1. The molecular formula is C28H48N2O8. The van der Waals surface area contributed by atoms with Gasteiger partial charge in [0.15, 0.2) is 0 Å². The molecule has 3 aliphatic rings. The van der Waals surface area contributed by atoms with Crippen molar-refractivity contribution in [2.45, 2.75) is 116 Å². The van der Waals surface area contributed by atoms with Crippen molar-refractivity contribution in [1.82, 2.24) is 4.90 Å². The Labute approximate surface area is 227 Å². The molecule has 0 aromatic rings. The van der Waals surface area contributed by atoms with E-state index in [1.165, 1.54) is 0 Å². The third-order valence-electron chi connectivity index (χ3n) is 7.08. The Morgan fingerprint density at radius 3 is 2.50 bits per heavy atom. The summed E-state index contributed by atoms with van der Waals surface area (Å²) in [6.45, 7) is 10.4. The lowest BCUT2D eigenvalue weighted by molar-refractivity contribution is -0.261. The van der Waals surface area contributed by atoms with Crippen molar-refractivity contribution in [2.24, 2.45) is 11.7 Å².